The summed E-state index contributed by atoms with van der Waals surface area (Å²) in [6, 6.07) is 17.3. The van der Waals surface area contributed by atoms with E-state index in [1.165, 1.54) is 22.3 Å². The van der Waals surface area contributed by atoms with Gasteiger partial charge in [-0.1, -0.05) is 83.1 Å². The van der Waals surface area contributed by atoms with Crippen LogP contribution in [-0.4, -0.2) is 0 Å². The van der Waals surface area contributed by atoms with Gasteiger partial charge in [-0.25, -0.2) is 0 Å². The van der Waals surface area contributed by atoms with E-state index in [4.69, 9.17) is 0 Å². The summed E-state index contributed by atoms with van der Waals surface area (Å²) in [5.74, 6) is 0. The van der Waals surface area contributed by atoms with Crippen LogP contribution < -0.4 is 0 Å². The topological polar surface area (TPSA) is 0 Å². The molecule has 2 aromatic rings. The Balaban J connectivity index is 0.000000741. The Bertz CT molecular complexity index is 455. The molecule has 104 valence electrons. The Morgan fingerprint density at radius 3 is 2.00 bits per heavy atom. The molecule has 0 heteroatoms. The monoisotopic (exact) mass is 256 g/mol. The predicted molar refractivity (Wildman–Crippen MR) is 88.7 cm³/mol. The van der Waals surface area contributed by atoms with Gasteiger partial charge < -0.3 is 0 Å². The van der Waals surface area contributed by atoms with E-state index in [2.05, 4.69) is 62.4 Å². The number of benzene rings is 2. The van der Waals surface area contributed by atoms with Crippen molar-refractivity contribution in [3.8, 4) is 11.1 Å². The quantitative estimate of drug-likeness (QED) is 0.593. The summed E-state index contributed by atoms with van der Waals surface area (Å²) >= 11 is 0. The van der Waals surface area contributed by atoms with Gasteiger partial charge in [0.15, 0.2) is 0 Å². The van der Waals surface area contributed by atoms with Crippen molar-refractivity contribution in [2.45, 2.75) is 48.0 Å². The zero-order chi connectivity index (χ0) is 14.7. The van der Waals surface area contributed by atoms with Crippen LogP contribution in [-0.2, 0) is 6.42 Å². The fourth-order valence-corrected chi connectivity index (χ4v) is 1.86. The second-order valence-corrected chi connectivity index (χ2v) is 3.87. The molecule has 0 unspecified atom stereocenters. The fourth-order valence-electron chi connectivity index (χ4n) is 1.86. The summed E-state index contributed by atoms with van der Waals surface area (Å²) in [6.07, 6.45) is 1.10. The molecule has 0 saturated carbocycles. The van der Waals surface area contributed by atoms with Crippen molar-refractivity contribution in [1.29, 1.82) is 0 Å². The van der Waals surface area contributed by atoms with E-state index in [0.717, 1.165) is 6.42 Å². The number of aryl methyl sites for hydroxylation is 2. The van der Waals surface area contributed by atoms with Crippen LogP contribution in [0.4, 0.5) is 0 Å². The van der Waals surface area contributed by atoms with Gasteiger partial charge in [0.05, 0.1) is 0 Å². The minimum Gasteiger partial charge on any atom is -0.0683 e. The molecule has 0 aliphatic heterocycles. The van der Waals surface area contributed by atoms with Gasteiger partial charge in [-0.2, -0.15) is 0 Å². The van der Waals surface area contributed by atoms with Gasteiger partial charge in [0.1, 0.15) is 0 Å². The molecule has 0 aromatic heterocycles. The summed E-state index contributed by atoms with van der Waals surface area (Å²) < 4.78 is 0. The zero-order valence-electron chi connectivity index (χ0n) is 13.3. The Labute approximate surface area is 119 Å². The zero-order valence-corrected chi connectivity index (χ0v) is 13.3. The molecule has 0 nitrogen and oxygen atoms in total. The molecule has 0 amide bonds. The maximum absolute atomic E-state index is 2.28. The first-order valence-corrected chi connectivity index (χ1v) is 7.46. The number of hydrogen-bond donors (Lipinski definition) is 0. The average Bonchev–Trinajstić information content (AvgIpc) is 2.52. The van der Waals surface area contributed by atoms with E-state index >= 15 is 0 Å². The molecule has 19 heavy (non-hydrogen) atoms. The van der Waals surface area contributed by atoms with E-state index in [1.54, 1.807) is 0 Å². The summed E-state index contributed by atoms with van der Waals surface area (Å²) in [5, 5.41) is 0. The molecule has 0 aliphatic rings. The molecule has 0 spiro atoms. The van der Waals surface area contributed by atoms with E-state index < -0.39 is 0 Å². The van der Waals surface area contributed by atoms with Gasteiger partial charge in [-0.05, 0) is 35.6 Å². The van der Waals surface area contributed by atoms with Crippen molar-refractivity contribution in [1.82, 2.24) is 0 Å². The lowest BCUT2D eigenvalue weighted by Gasteiger charge is -2.07. The molecule has 0 heterocycles. The average molecular weight is 256 g/mol. The molecule has 2 aromatic carbocycles. The highest BCUT2D eigenvalue weighted by Crippen LogP contribution is 2.23. The lowest BCUT2D eigenvalue weighted by molar-refractivity contribution is 1.14. The van der Waals surface area contributed by atoms with Gasteiger partial charge in [0.25, 0.3) is 0 Å². The predicted octanol–water partition coefficient (Wildman–Crippen LogP) is 6.28. The third-order valence-electron chi connectivity index (χ3n) is 2.79. The Morgan fingerprint density at radius 2 is 1.42 bits per heavy atom. The maximum atomic E-state index is 2.28. The Hall–Kier alpha value is -1.56. The van der Waals surface area contributed by atoms with Gasteiger partial charge in [-0.3, -0.25) is 0 Å². The summed E-state index contributed by atoms with van der Waals surface area (Å²) in [6.45, 7) is 12.4. The van der Waals surface area contributed by atoms with Crippen LogP contribution >= 0.6 is 0 Å². The second-order valence-electron chi connectivity index (χ2n) is 3.87. The first kappa shape index (κ1) is 17.4. The van der Waals surface area contributed by atoms with Crippen LogP contribution in [0.2, 0.25) is 0 Å². The van der Waals surface area contributed by atoms with Gasteiger partial charge in [-0.15, -0.1) is 0 Å². The number of rotatable bonds is 2. The molecule has 2 rings (SSSR count). The Kier molecular flexibility index (Phi) is 9.52. The molecule has 0 saturated heterocycles. The summed E-state index contributed by atoms with van der Waals surface area (Å²) in [7, 11) is 0. The van der Waals surface area contributed by atoms with Gasteiger partial charge in [0, 0.05) is 0 Å². The highest BCUT2D eigenvalue weighted by molar-refractivity contribution is 5.67. The van der Waals surface area contributed by atoms with Crippen LogP contribution in [0.3, 0.4) is 0 Å². The van der Waals surface area contributed by atoms with Crippen LogP contribution in [0, 0.1) is 6.92 Å². The van der Waals surface area contributed by atoms with E-state index in [-0.39, 0.29) is 0 Å². The van der Waals surface area contributed by atoms with Crippen LogP contribution in [0.5, 0.6) is 0 Å². The van der Waals surface area contributed by atoms with Crippen molar-refractivity contribution >= 4 is 0 Å². The largest absolute Gasteiger partial charge is 0.0683 e. The van der Waals surface area contributed by atoms with Gasteiger partial charge in [0.2, 0.25) is 0 Å². The number of hydrogen-bond acceptors (Lipinski definition) is 0. The minimum atomic E-state index is 1.10. The molecule has 0 radical (unpaired) electrons. The maximum Gasteiger partial charge on any atom is -0.0155 e. The van der Waals surface area contributed by atoms with Crippen molar-refractivity contribution in [3.05, 3.63) is 59.7 Å². The van der Waals surface area contributed by atoms with Crippen molar-refractivity contribution in [2.75, 3.05) is 0 Å². The molecule has 0 atom stereocenters. The smallest absolute Gasteiger partial charge is 0.0155 e. The van der Waals surface area contributed by atoms with Crippen LogP contribution in [0.15, 0.2) is 48.5 Å². The minimum absolute atomic E-state index is 1.10. The molecule has 0 fully saturated rings. The fraction of sp³-hybridized carbons (Fsp3) is 0.368. The standard InChI is InChI=1S/C15H16.2C2H6/c1-3-13-8-6-9-14(11-13)15-10-5-4-7-12(15)2;2*1-2/h4-11H,3H2,1-2H3;2*1-2H3. The SMILES string of the molecule is CC.CC.CCc1cccc(-c2ccccc2C)c1. The lowest BCUT2D eigenvalue weighted by atomic mass is 9.98. The highest BCUT2D eigenvalue weighted by Gasteiger charge is 2.00. The normalized spacial score (nSPS) is 8.74. The first-order chi connectivity index (χ1) is 9.31. The summed E-state index contributed by atoms with van der Waals surface area (Å²) in [4.78, 5) is 0. The van der Waals surface area contributed by atoms with Gasteiger partial charge >= 0.3 is 0 Å². The van der Waals surface area contributed by atoms with E-state index in [0.29, 0.717) is 0 Å². The third kappa shape index (κ3) is 5.30. The second kappa shape index (κ2) is 10.4. The Morgan fingerprint density at radius 1 is 0.789 bits per heavy atom. The van der Waals surface area contributed by atoms with Crippen LogP contribution in [0.1, 0.15) is 45.7 Å². The van der Waals surface area contributed by atoms with Crippen molar-refractivity contribution < 1.29 is 0 Å². The third-order valence-corrected chi connectivity index (χ3v) is 2.79. The van der Waals surface area contributed by atoms with E-state index in [9.17, 15) is 0 Å². The molecule has 0 N–H and O–H groups in total. The van der Waals surface area contributed by atoms with E-state index in [1.807, 2.05) is 27.7 Å². The molecule has 0 aliphatic carbocycles. The first-order valence-electron chi connectivity index (χ1n) is 7.46. The molecular weight excluding hydrogens is 228 g/mol. The molecule has 0 bridgehead atoms. The summed E-state index contributed by atoms with van der Waals surface area (Å²) in [5.41, 5.74) is 5.40. The molecular formula is C19H28. The van der Waals surface area contributed by atoms with Crippen LogP contribution in [0.25, 0.3) is 11.1 Å². The lowest BCUT2D eigenvalue weighted by Crippen LogP contribution is -1.85. The highest BCUT2D eigenvalue weighted by atomic mass is 14.0. The van der Waals surface area contributed by atoms with Crippen molar-refractivity contribution in [2.24, 2.45) is 0 Å². The van der Waals surface area contributed by atoms with Crippen molar-refractivity contribution in [3.63, 3.8) is 0 Å².